The topological polar surface area (TPSA) is 80.3 Å². The molecule has 0 spiro atoms. The second-order valence-corrected chi connectivity index (χ2v) is 6.47. The van der Waals surface area contributed by atoms with Crippen LogP contribution in [-0.4, -0.2) is 25.2 Å². The zero-order chi connectivity index (χ0) is 21.4. The maximum absolute atomic E-state index is 12.3. The molecule has 0 unspecified atom stereocenters. The first-order valence-corrected chi connectivity index (χ1v) is 8.97. The molecular formula is C22H24O7. The fraction of sp³-hybridized carbons (Fsp3) is 0.273. The summed E-state index contributed by atoms with van der Waals surface area (Å²) in [6.07, 6.45) is -0.356. The molecule has 0 saturated heterocycles. The first-order valence-electron chi connectivity index (χ1n) is 8.97. The van der Waals surface area contributed by atoms with Gasteiger partial charge in [-0.15, -0.1) is 9.78 Å². The SMILES string of the molecule is [CH2]COC[C](OOC(=O)c1cc(C)ccc1C)OOC(=O)c1cc(C)ccc1C. The molecule has 0 heterocycles. The maximum atomic E-state index is 12.3. The van der Waals surface area contributed by atoms with Gasteiger partial charge in [0.15, 0.2) is 0 Å². The smallest absolute Gasteiger partial charge is 0.373 e. The Hall–Kier alpha value is -2.74. The first-order chi connectivity index (χ1) is 13.8. The molecule has 7 nitrogen and oxygen atoms in total. The van der Waals surface area contributed by atoms with Crippen LogP contribution in [0.4, 0.5) is 0 Å². The number of hydrogen-bond donors (Lipinski definition) is 0. The van der Waals surface area contributed by atoms with E-state index in [9.17, 15) is 9.59 Å². The lowest BCUT2D eigenvalue weighted by atomic mass is 10.1. The Kier molecular flexibility index (Phi) is 8.33. The van der Waals surface area contributed by atoms with Crippen molar-refractivity contribution in [3.63, 3.8) is 0 Å². The summed E-state index contributed by atoms with van der Waals surface area (Å²) >= 11 is 0. The highest BCUT2D eigenvalue weighted by Gasteiger charge is 2.23. The molecule has 2 aromatic rings. The molecular weight excluding hydrogens is 376 g/mol. The molecule has 0 atom stereocenters. The monoisotopic (exact) mass is 400 g/mol. The lowest BCUT2D eigenvalue weighted by Gasteiger charge is -2.14. The molecule has 154 valence electrons. The summed E-state index contributed by atoms with van der Waals surface area (Å²) in [7, 11) is 0. The molecule has 7 heteroatoms. The average molecular weight is 400 g/mol. The van der Waals surface area contributed by atoms with Crippen LogP contribution in [0.5, 0.6) is 0 Å². The van der Waals surface area contributed by atoms with E-state index in [4.69, 9.17) is 24.3 Å². The third kappa shape index (κ3) is 6.67. The van der Waals surface area contributed by atoms with Crippen LogP contribution in [0.3, 0.4) is 0 Å². The molecule has 0 aliphatic rings. The molecule has 0 N–H and O–H groups in total. The highest BCUT2D eigenvalue weighted by Crippen LogP contribution is 2.17. The number of ether oxygens (including phenoxy) is 1. The quantitative estimate of drug-likeness (QED) is 0.462. The van der Waals surface area contributed by atoms with Gasteiger partial charge in [0.05, 0.1) is 11.1 Å². The summed E-state index contributed by atoms with van der Waals surface area (Å²) < 4.78 is 5.08. The number of hydrogen-bond acceptors (Lipinski definition) is 7. The lowest BCUT2D eigenvalue weighted by molar-refractivity contribution is -0.368. The van der Waals surface area contributed by atoms with Gasteiger partial charge in [-0.2, -0.15) is 0 Å². The highest BCUT2D eigenvalue weighted by atomic mass is 17.3. The predicted molar refractivity (Wildman–Crippen MR) is 104 cm³/mol. The molecule has 0 aliphatic heterocycles. The molecule has 0 saturated carbocycles. The predicted octanol–water partition coefficient (Wildman–Crippen LogP) is 4.14. The van der Waals surface area contributed by atoms with Gasteiger partial charge >= 0.3 is 18.2 Å². The highest BCUT2D eigenvalue weighted by molar-refractivity contribution is 5.91. The Balaban J connectivity index is 1.98. The summed E-state index contributed by atoms with van der Waals surface area (Å²) in [6.45, 7) is 10.6. The van der Waals surface area contributed by atoms with Gasteiger partial charge in [0.25, 0.3) is 0 Å². The zero-order valence-electron chi connectivity index (χ0n) is 16.9. The third-order valence-electron chi connectivity index (χ3n) is 4.01. The van der Waals surface area contributed by atoms with Crippen molar-refractivity contribution in [2.75, 3.05) is 13.2 Å². The van der Waals surface area contributed by atoms with Gasteiger partial charge in [-0.3, -0.25) is 9.78 Å². The molecule has 2 rings (SSSR count). The van der Waals surface area contributed by atoms with E-state index in [-0.39, 0.29) is 19.5 Å². The van der Waals surface area contributed by atoms with E-state index in [0.29, 0.717) is 11.1 Å². The Morgan fingerprint density at radius 2 is 1.21 bits per heavy atom. The molecule has 2 radical (unpaired) electrons. The standard InChI is InChI=1S/C22H24O7/c1-6-25-13-20(26-28-21(23)18-11-14(2)7-9-16(18)4)27-29-22(24)19-12-15(3)8-10-17(19)5/h7-12H,1,6,13H2,2-5H3. The fourth-order valence-corrected chi connectivity index (χ4v) is 2.39. The van der Waals surface area contributed by atoms with Crippen LogP contribution in [0.25, 0.3) is 0 Å². The van der Waals surface area contributed by atoms with Crippen molar-refractivity contribution >= 4 is 11.9 Å². The lowest BCUT2D eigenvalue weighted by Crippen LogP contribution is -2.20. The van der Waals surface area contributed by atoms with Crippen LogP contribution in [0.15, 0.2) is 36.4 Å². The summed E-state index contributed by atoms with van der Waals surface area (Å²) in [5.74, 6) is -1.44. The molecule has 2 aromatic carbocycles. The van der Waals surface area contributed by atoms with E-state index < -0.39 is 11.9 Å². The zero-order valence-corrected chi connectivity index (χ0v) is 16.9. The Morgan fingerprint density at radius 3 is 1.62 bits per heavy atom. The summed E-state index contributed by atoms with van der Waals surface area (Å²) in [5, 5.41) is 0. The second-order valence-electron chi connectivity index (χ2n) is 6.47. The van der Waals surface area contributed by atoms with Crippen LogP contribution in [0.2, 0.25) is 0 Å². The van der Waals surface area contributed by atoms with Gasteiger partial charge < -0.3 is 4.74 Å². The normalized spacial score (nSPS) is 10.8. The number of benzene rings is 2. The van der Waals surface area contributed by atoms with E-state index in [1.54, 1.807) is 38.1 Å². The molecule has 0 bridgehead atoms. The first kappa shape index (κ1) is 22.5. The molecule has 0 amide bonds. The molecule has 0 aliphatic carbocycles. The van der Waals surface area contributed by atoms with Crippen molar-refractivity contribution in [3.8, 4) is 0 Å². The van der Waals surface area contributed by atoms with Crippen molar-refractivity contribution in [1.82, 2.24) is 0 Å². The van der Waals surface area contributed by atoms with Crippen molar-refractivity contribution < 1.29 is 33.9 Å². The van der Waals surface area contributed by atoms with Crippen molar-refractivity contribution in [2.24, 2.45) is 0 Å². The summed E-state index contributed by atoms with van der Waals surface area (Å²) in [5.41, 5.74) is 3.92. The van der Waals surface area contributed by atoms with Crippen LogP contribution in [0, 0.1) is 40.9 Å². The van der Waals surface area contributed by atoms with Gasteiger partial charge in [0.1, 0.15) is 6.61 Å². The Bertz CT molecular complexity index is 793. The maximum Gasteiger partial charge on any atom is 0.373 e. The number of carbonyl (C=O) groups is 2. The third-order valence-corrected chi connectivity index (χ3v) is 4.01. The van der Waals surface area contributed by atoms with Crippen LogP contribution >= 0.6 is 0 Å². The van der Waals surface area contributed by atoms with E-state index >= 15 is 0 Å². The number of aryl methyl sites for hydroxylation is 4. The number of carbonyl (C=O) groups excluding carboxylic acids is 2. The van der Waals surface area contributed by atoms with E-state index in [0.717, 1.165) is 22.3 Å². The molecule has 29 heavy (non-hydrogen) atoms. The second kappa shape index (κ2) is 10.7. The summed E-state index contributed by atoms with van der Waals surface area (Å²) in [6, 6.07) is 10.7. The Morgan fingerprint density at radius 1 is 0.759 bits per heavy atom. The average Bonchev–Trinajstić information content (AvgIpc) is 2.70. The number of rotatable bonds is 9. The van der Waals surface area contributed by atoms with E-state index in [1.807, 2.05) is 26.0 Å². The minimum Gasteiger partial charge on any atom is -0.375 e. The van der Waals surface area contributed by atoms with Gasteiger partial charge in [-0.1, -0.05) is 35.4 Å². The largest absolute Gasteiger partial charge is 0.375 e. The van der Waals surface area contributed by atoms with Crippen molar-refractivity contribution in [3.05, 3.63) is 83.0 Å². The van der Waals surface area contributed by atoms with Gasteiger partial charge in [0.2, 0.25) is 0 Å². The van der Waals surface area contributed by atoms with Crippen LogP contribution in [-0.2, 0) is 24.3 Å². The minimum atomic E-state index is -0.720. The fourth-order valence-electron chi connectivity index (χ4n) is 2.39. The minimum absolute atomic E-state index is 0.103. The van der Waals surface area contributed by atoms with E-state index in [1.165, 1.54) is 0 Å². The molecule has 0 fully saturated rings. The van der Waals surface area contributed by atoms with Gasteiger partial charge in [0, 0.05) is 6.61 Å². The van der Waals surface area contributed by atoms with Crippen molar-refractivity contribution in [1.29, 1.82) is 0 Å². The van der Waals surface area contributed by atoms with Gasteiger partial charge in [-0.25, -0.2) is 9.59 Å². The van der Waals surface area contributed by atoms with Crippen LogP contribution in [0.1, 0.15) is 43.0 Å². The van der Waals surface area contributed by atoms with Crippen molar-refractivity contribution in [2.45, 2.75) is 27.7 Å². The van der Waals surface area contributed by atoms with Crippen LogP contribution < -0.4 is 0 Å². The molecule has 0 aromatic heterocycles. The summed E-state index contributed by atoms with van der Waals surface area (Å²) in [4.78, 5) is 44.0. The Labute approximate surface area is 170 Å². The van der Waals surface area contributed by atoms with Gasteiger partial charge in [-0.05, 0) is 57.9 Å². The van der Waals surface area contributed by atoms with E-state index in [2.05, 4.69) is 6.92 Å².